The van der Waals surface area contributed by atoms with E-state index in [0.717, 1.165) is 23.4 Å². The number of pyridine rings is 1. The number of hydrogen-bond donors (Lipinski definition) is 0. The maximum atomic E-state index is 12.7. The second-order valence-corrected chi connectivity index (χ2v) is 6.99. The Morgan fingerprint density at radius 1 is 1.18 bits per heavy atom. The van der Waals surface area contributed by atoms with Crippen LogP contribution >= 0.6 is 11.6 Å². The molecule has 1 saturated heterocycles. The molecule has 0 N–H and O–H groups in total. The van der Waals surface area contributed by atoms with Crippen LogP contribution in [0.2, 0.25) is 5.02 Å². The summed E-state index contributed by atoms with van der Waals surface area (Å²) >= 11 is 6.00. The number of anilines is 1. The first-order valence-electron chi connectivity index (χ1n) is 8.75. The number of aromatic nitrogens is 1. The molecule has 1 amide bonds. The summed E-state index contributed by atoms with van der Waals surface area (Å²) in [6.07, 6.45) is -0.392. The fourth-order valence-corrected chi connectivity index (χ4v) is 3.29. The molecule has 1 aromatic heterocycles. The van der Waals surface area contributed by atoms with Crippen LogP contribution in [0, 0.1) is 6.92 Å². The Morgan fingerprint density at radius 2 is 1.89 bits per heavy atom. The summed E-state index contributed by atoms with van der Waals surface area (Å²) in [6, 6.07) is 8.71. The Balaban J connectivity index is 1.60. The number of carbonyl (C=O) groups is 1. The maximum Gasteiger partial charge on any atom is 0.417 e. The van der Waals surface area contributed by atoms with Crippen LogP contribution in [0.4, 0.5) is 19.0 Å². The molecule has 0 saturated carbocycles. The van der Waals surface area contributed by atoms with Crippen LogP contribution in [0.25, 0.3) is 6.08 Å². The minimum atomic E-state index is -4.48. The minimum absolute atomic E-state index is 0.0473. The minimum Gasteiger partial charge on any atom is -0.352 e. The van der Waals surface area contributed by atoms with Crippen molar-refractivity contribution in [1.29, 1.82) is 0 Å². The van der Waals surface area contributed by atoms with Crippen LogP contribution in [0.15, 0.2) is 42.6 Å². The molecule has 3 rings (SSSR count). The van der Waals surface area contributed by atoms with Gasteiger partial charge in [0.1, 0.15) is 5.82 Å². The number of hydrogen-bond acceptors (Lipinski definition) is 3. The van der Waals surface area contributed by atoms with Gasteiger partial charge in [0.15, 0.2) is 0 Å². The zero-order chi connectivity index (χ0) is 20.3. The Kier molecular flexibility index (Phi) is 5.93. The highest BCUT2D eigenvalue weighted by Gasteiger charge is 2.32. The second kappa shape index (κ2) is 8.22. The molecule has 0 aliphatic carbocycles. The summed E-state index contributed by atoms with van der Waals surface area (Å²) in [6.45, 7) is 3.76. The van der Waals surface area contributed by atoms with E-state index in [4.69, 9.17) is 11.6 Å². The summed E-state index contributed by atoms with van der Waals surface area (Å²) in [5, 5.41) is -0.0473. The van der Waals surface area contributed by atoms with Crippen molar-refractivity contribution in [2.75, 3.05) is 31.1 Å². The van der Waals surface area contributed by atoms with E-state index in [9.17, 15) is 18.0 Å². The van der Waals surface area contributed by atoms with Gasteiger partial charge in [0, 0.05) is 38.5 Å². The highest BCUT2D eigenvalue weighted by atomic mass is 35.5. The number of benzene rings is 1. The Morgan fingerprint density at radius 3 is 2.50 bits per heavy atom. The molecule has 0 radical (unpaired) electrons. The van der Waals surface area contributed by atoms with Gasteiger partial charge in [-0.15, -0.1) is 0 Å². The van der Waals surface area contributed by atoms with Crippen molar-refractivity contribution in [3.63, 3.8) is 0 Å². The zero-order valence-corrected chi connectivity index (χ0v) is 16.0. The average molecular weight is 410 g/mol. The Bertz CT molecular complexity index is 891. The quantitative estimate of drug-likeness (QED) is 0.704. The van der Waals surface area contributed by atoms with Crippen molar-refractivity contribution in [1.82, 2.24) is 9.88 Å². The molecule has 0 bridgehead atoms. The van der Waals surface area contributed by atoms with Crippen molar-refractivity contribution in [3.05, 3.63) is 64.3 Å². The molecule has 148 valence electrons. The fourth-order valence-electron chi connectivity index (χ4n) is 3.00. The van der Waals surface area contributed by atoms with E-state index < -0.39 is 11.7 Å². The highest BCUT2D eigenvalue weighted by Crippen LogP contribution is 2.33. The first kappa shape index (κ1) is 20.2. The number of nitrogens with zero attached hydrogens (tertiary/aromatic N) is 3. The van der Waals surface area contributed by atoms with Crippen molar-refractivity contribution in [3.8, 4) is 0 Å². The lowest BCUT2D eigenvalue weighted by Gasteiger charge is -2.35. The topological polar surface area (TPSA) is 36.4 Å². The molecule has 1 aliphatic rings. The normalized spacial score (nSPS) is 15.3. The largest absolute Gasteiger partial charge is 0.417 e. The predicted molar refractivity (Wildman–Crippen MR) is 103 cm³/mol. The molecular weight excluding hydrogens is 391 g/mol. The lowest BCUT2D eigenvalue weighted by Crippen LogP contribution is -2.48. The lowest BCUT2D eigenvalue weighted by molar-refractivity contribution is -0.137. The van der Waals surface area contributed by atoms with Crippen LogP contribution in [0.1, 0.15) is 16.7 Å². The van der Waals surface area contributed by atoms with E-state index >= 15 is 0 Å². The van der Waals surface area contributed by atoms with Crippen molar-refractivity contribution in [2.45, 2.75) is 13.1 Å². The molecule has 0 spiro atoms. The van der Waals surface area contributed by atoms with E-state index in [1.54, 1.807) is 15.9 Å². The molecule has 1 fully saturated rings. The fraction of sp³-hybridized carbons (Fsp3) is 0.300. The number of halogens is 4. The van der Waals surface area contributed by atoms with Gasteiger partial charge in [-0.25, -0.2) is 4.98 Å². The highest BCUT2D eigenvalue weighted by molar-refractivity contribution is 6.33. The van der Waals surface area contributed by atoms with Crippen molar-refractivity contribution < 1.29 is 18.0 Å². The van der Waals surface area contributed by atoms with Crippen LogP contribution in [0.3, 0.4) is 0 Å². The molecule has 4 nitrogen and oxygen atoms in total. The first-order chi connectivity index (χ1) is 13.2. The Hall–Kier alpha value is -2.54. The van der Waals surface area contributed by atoms with E-state index in [1.807, 2.05) is 31.2 Å². The Labute approximate surface area is 166 Å². The van der Waals surface area contributed by atoms with Crippen LogP contribution in [0.5, 0.6) is 0 Å². The number of rotatable bonds is 3. The summed E-state index contributed by atoms with van der Waals surface area (Å²) in [7, 11) is 0. The molecular formula is C20H19ClF3N3O. The van der Waals surface area contributed by atoms with Gasteiger partial charge in [-0.1, -0.05) is 41.4 Å². The average Bonchev–Trinajstić information content (AvgIpc) is 2.65. The van der Waals surface area contributed by atoms with Gasteiger partial charge in [0.2, 0.25) is 5.91 Å². The molecule has 8 heteroatoms. The van der Waals surface area contributed by atoms with Crippen LogP contribution in [-0.2, 0) is 11.0 Å². The van der Waals surface area contributed by atoms with Gasteiger partial charge >= 0.3 is 6.18 Å². The number of carbonyl (C=O) groups excluding carboxylic acids is 1. The van der Waals surface area contributed by atoms with E-state index in [2.05, 4.69) is 4.98 Å². The second-order valence-electron chi connectivity index (χ2n) is 6.59. The molecule has 28 heavy (non-hydrogen) atoms. The molecule has 0 atom stereocenters. The van der Waals surface area contributed by atoms with E-state index in [1.165, 1.54) is 6.08 Å². The van der Waals surface area contributed by atoms with Gasteiger partial charge in [-0.3, -0.25) is 4.79 Å². The summed E-state index contributed by atoms with van der Waals surface area (Å²) in [5.74, 6) is 0.199. The molecule has 1 aliphatic heterocycles. The van der Waals surface area contributed by atoms with Crippen molar-refractivity contribution in [2.24, 2.45) is 0 Å². The van der Waals surface area contributed by atoms with E-state index in [0.29, 0.717) is 32.0 Å². The van der Waals surface area contributed by atoms with Crippen molar-refractivity contribution >= 4 is 29.4 Å². The molecule has 2 aromatic rings. The zero-order valence-electron chi connectivity index (χ0n) is 15.2. The number of alkyl halides is 3. The maximum absolute atomic E-state index is 12.7. The summed E-state index contributed by atoms with van der Waals surface area (Å²) in [5.41, 5.74) is 1.19. The summed E-state index contributed by atoms with van der Waals surface area (Å²) < 4.78 is 38.2. The van der Waals surface area contributed by atoms with Gasteiger partial charge < -0.3 is 9.80 Å². The standard InChI is InChI=1S/C20H19ClF3N3O/c1-14-3-2-4-15(11-14)5-6-18(28)26-7-9-27(10-8-26)19-17(21)12-16(13-25-19)20(22,23)24/h2-6,11-13H,7-10H2,1H3/b6-5+. The first-order valence-corrected chi connectivity index (χ1v) is 9.13. The third-order valence-electron chi connectivity index (χ3n) is 4.50. The number of amides is 1. The van der Waals surface area contributed by atoms with Crippen LogP contribution < -0.4 is 4.90 Å². The monoisotopic (exact) mass is 409 g/mol. The van der Waals surface area contributed by atoms with E-state index in [-0.39, 0.29) is 10.9 Å². The SMILES string of the molecule is Cc1cccc(/C=C/C(=O)N2CCN(c3ncc(C(F)(F)F)cc3Cl)CC2)c1. The van der Waals surface area contributed by atoms with Gasteiger partial charge in [-0.2, -0.15) is 13.2 Å². The molecule has 1 aromatic carbocycles. The number of piperazine rings is 1. The predicted octanol–water partition coefficient (Wildman–Crippen LogP) is 4.42. The van der Waals surface area contributed by atoms with Gasteiger partial charge in [0.25, 0.3) is 0 Å². The third kappa shape index (κ3) is 4.84. The molecule has 0 unspecified atom stereocenters. The van der Waals surface area contributed by atoms with Gasteiger partial charge in [0.05, 0.1) is 10.6 Å². The van der Waals surface area contributed by atoms with Crippen LogP contribution in [-0.4, -0.2) is 42.0 Å². The summed E-state index contributed by atoms with van der Waals surface area (Å²) in [4.78, 5) is 19.7. The third-order valence-corrected chi connectivity index (χ3v) is 4.78. The lowest BCUT2D eigenvalue weighted by atomic mass is 10.1. The number of aryl methyl sites for hydroxylation is 1. The van der Waals surface area contributed by atoms with Gasteiger partial charge in [-0.05, 0) is 24.6 Å². The smallest absolute Gasteiger partial charge is 0.352 e. The molecule has 2 heterocycles.